The number of benzene rings is 5. The van der Waals surface area contributed by atoms with Gasteiger partial charge in [-0.25, -0.2) is 0 Å². The molecule has 0 aliphatic rings. The highest BCUT2D eigenvalue weighted by molar-refractivity contribution is 6.25. The Balaban J connectivity index is 2.03. The van der Waals surface area contributed by atoms with Crippen LogP contribution in [0.2, 0.25) is 0 Å². The third-order valence-corrected chi connectivity index (χ3v) is 4.88. The maximum Gasteiger partial charge on any atom is 0.0400 e. The molecule has 0 heteroatoms. The van der Waals surface area contributed by atoms with Gasteiger partial charge in [0.2, 0.25) is 0 Å². The molecule has 0 N–H and O–H groups in total. The lowest BCUT2D eigenvalue weighted by Crippen LogP contribution is -1.91. The van der Waals surface area contributed by atoms with Crippen LogP contribution in [0.1, 0.15) is 5.56 Å². The quantitative estimate of drug-likeness (QED) is 0.254. The van der Waals surface area contributed by atoms with Gasteiger partial charge in [-0.15, -0.1) is 6.42 Å². The van der Waals surface area contributed by atoms with Gasteiger partial charge in [0.15, 0.2) is 0 Å². The second-order valence-corrected chi connectivity index (χ2v) is 6.17. The molecule has 0 saturated carbocycles. The third-order valence-electron chi connectivity index (χ3n) is 4.88. The van der Waals surface area contributed by atoms with E-state index < -0.39 is 0 Å². The maximum atomic E-state index is 5.94. The van der Waals surface area contributed by atoms with Crippen LogP contribution < -0.4 is 0 Å². The molecule has 5 aromatic rings. The summed E-state index contributed by atoms with van der Waals surface area (Å²) in [5.41, 5.74) is 3.27. The highest BCUT2D eigenvalue weighted by atomic mass is 14.2. The Labute approximate surface area is 140 Å². The fourth-order valence-corrected chi connectivity index (χ4v) is 3.81. The smallest absolute Gasteiger partial charge is 0.0400 e. The van der Waals surface area contributed by atoms with Crippen LogP contribution in [0.3, 0.4) is 0 Å². The molecule has 110 valence electrons. The number of terminal acetylenes is 1. The molecule has 0 aliphatic heterocycles. The van der Waals surface area contributed by atoms with Gasteiger partial charge < -0.3 is 0 Å². The van der Waals surface area contributed by atoms with E-state index in [4.69, 9.17) is 6.42 Å². The van der Waals surface area contributed by atoms with Crippen LogP contribution in [0.4, 0.5) is 0 Å². The Bertz CT molecular complexity index is 1220. The average molecular weight is 302 g/mol. The second kappa shape index (κ2) is 4.85. The van der Waals surface area contributed by atoms with Crippen molar-refractivity contribution in [3.63, 3.8) is 0 Å². The van der Waals surface area contributed by atoms with Crippen LogP contribution in [0, 0.1) is 12.3 Å². The van der Waals surface area contributed by atoms with Gasteiger partial charge in [-0.2, -0.15) is 0 Å². The molecule has 24 heavy (non-hydrogen) atoms. The monoisotopic (exact) mass is 302 g/mol. The van der Waals surface area contributed by atoms with Crippen molar-refractivity contribution < 1.29 is 0 Å². The third kappa shape index (κ3) is 1.70. The first-order valence-electron chi connectivity index (χ1n) is 8.09. The van der Waals surface area contributed by atoms with Crippen molar-refractivity contribution in [3.8, 4) is 23.5 Å². The van der Waals surface area contributed by atoms with E-state index in [9.17, 15) is 0 Å². The molecule has 0 bridgehead atoms. The van der Waals surface area contributed by atoms with E-state index >= 15 is 0 Å². The molecule has 0 unspecified atom stereocenters. The summed E-state index contributed by atoms with van der Waals surface area (Å²) in [5, 5.41) is 7.52. The summed E-state index contributed by atoms with van der Waals surface area (Å²) < 4.78 is 0. The molecular weight excluding hydrogens is 288 g/mol. The minimum absolute atomic E-state index is 0.979. The standard InChI is InChI=1S/C24H14/c1-2-20-21-14-13-18-10-6-9-17-11-12-19(24(21)23(17)18)15-22(20)16-7-4-3-5-8-16/h1,3-15H. The van der Waals surface area contributed by atoms with E-state index in [-0.39, 0.29) is 0 Å². The fraction of sp³-hybridized carbons (Fsp3) is 0. The molecule has 0 radical (unpaired) electrons. The minimum atomic E-state index is 0.979. The highest BCUT2D eigenvalue weighted by Crippen LogP contribution is 2.39. The molecule has 0 aliphatic carbocycles. The number of rotatable bonds is 1. The fourth-order valence-electron chi connectivity index (χ4n) is 3.81. The summed E-state index contributed by atoms with van der Waals surface area (Å²) in [6, 6.07) is 27.8. The average Bonchev–Trinajstić information content (AvgIpc) is 2.66. The van der Waals surface area contributed by atoms with Gasteiger partial charge in [-0.05, 0) is 49.5 Å². The van der Waals surface area contributed by atoms with Gasteiger partial charge in [0.05, 0.1) is 0 Å². The van der Waals surface area contributed by atoms with Crippen LogP contribution >= 0.6 is 0 Å². The largest absolute Gasteiger partial charge is 0.115 e. The predicted octanol–water partition coefficient (Wildman–Crippen LogP) is 6.23. The van der Waals surface area contributed by atoms with Crippen molar-refractivity contribution in [2.24, 2.45) is 0 Å². The van der Waals surface area contributed by atoms with Crippen molar-refractivity contribution in [1.29, 1.82) is 0 Å². The van der Waals surface area contributed by atoms with Crippen molar-refractivity contribution >= 4 is 32.3 Å². The van der Waals surface area contributed by atoms with Crippen molar-refractivity contribution in [2.45, 2.75) is 0 Å². The normalized spacial score (nSPS) is 11.3. The first kappa shape index (κ1) is 13.2. The highest BCUT2D eigenvalue weighted by Gasteiger charge is 2.14. The van der Waals surface area contributed by atoms with Crippen molar-refractivity contribution in [2.75, 3.05) is 0 Å². The van der Waals surface area contributed by atoms with E-state index in [0.29, 0.717) is 0 Å². The van der Waals surface area contributed by atoms with E-state index in [1.54, 1.807) is 0 Å². The summed E-state index contributed by atoms with van der Waals surface area (Å²) in [6.45, 7) is 0. The zero-order chi connectivity index (χ0) is 16.1. The van der Waals surface area contributed by atoms with Crippen LogP contribution in [0.15, 0.2) is 78.9 Å². The molecule has 0 fully saturated rings. The SMILES string of the molecule is C#Cc1c(-c2ccccc2)cc2ccc3cccc4ccc1c2c34. The Hall–Kier alpha value is -3.30. The number of hydrogen-bond acceptors (Lipinski definition) is 0. The molecule has 5 rings (SSSR count). The maximum absolute atomic E-state index is 5.94. The van der Waals surface area contributed by atoms with Crippen LogP contribution in [-0.2, 0) is 0 Å². The molecule has 0 amide bonds. The van der Waals surface area contributed by atoms with E-state index in [1.165, 1.54) is 26.9 Å². The van der Waals surface area contributed by atoms with Crippen LogP contribution in [0.25, 0.3) is 43.4 Å². The zero-order valence-electron chi connectivity index (χ0n) is 13.1. The van der Waals surface area contributed by atoms with Crippen molar-refractivity contribution in [3.05, 3.63) is 84.4 Å². The van der Waals surface area contributed by atoms with Gasteiger partial charge in [-0.3, -0.25) is 0 Å². The Kier molecular flexibility index (Phi) is 2.66. The molecule has 0 aromatic heterocycles. The minimum Gasteiger partial charge on any atom is -0.115 e. The molecule has 5 aromatic carbocycles. The van der Waals surface area contributed by atoms with Crippen LogP contribution in [-0.4, -0.2) is 0 Å². The lowest BCUT2D eigenvalue weighted by molar-refractivity contribution is 1.63. The van der Waals surface area contributed by atoms with Gasteiger partial charge in [0.1, 0.15) is 0 Å². The molecule has 0 spiro atoms. The van der Waals surface area contributed by atoms with Crippen molar-refractivity contribution in [1.82, 2.24) is 0 Å². The lowest BCUT2D eigenvalue weighted by atomic mass is 9.88. The Morgan fingerprint density at radius 2 is 1.33 bits per heavy atom. The van der Waals surface area contributed by atoms with Gasteiger partial charge in [-0.1, -0.05) is 78.7 Å². The molecule has 0 atom stereocenters. The van der Waals surface area contributed by atoms with E-state index in [1.807, 2.05) is 6.07 Å². The second-order valence-electron chi connectivity index (χ2n) is 6.17. The summed E-state index contributed by atoms with van der Waals surface area (Å²) in [4.78, 5) is 0. The summed E-state index contributed by atoms with van der Waals surface area (Å²) in [6.07, 6.45) is 5.94. The molecule has 0 heterocycles. The lowest BCUT2D eigenvalue weighted by Gasteiger charge is -2.15. The number of hydrogen-bond donors (Lipinski definition) is 0. The predicted molar refractivity (Wildman–Crippen MR) is 104 cm³/mol. The van der Waals surface area contributed by atoms with E-state index in [2.05, 4.69) is 78.7 Å². The molecular formula is C24H14. The van der Waals surface area contributed by atoms with Crippen LogP contribution in [0.5, 0.6) is 0 Å². The summed E-state index contributed by atoms with van der Waals surface area (Å²) in [5.74, 6) is 2.95. The topological polar surface area (TPSA) is 0 Å². The molecule has 0 nitrogen and oxygen atoms in total. The molecule has 0 saturated heterocycles. The first-order chi connectivity index (χ1) is 11.9. The van der Waals surface area contributed by atoms with E-state index in [0.717, 1.165) is 22.1 Å². The zero-order valence-corrected chi connectivity index (χ0v) is 13.1. The van der Waals surface area contributed by atoms with Gasteiger partial charge in [0, 0.05) is 5.56 Å². The Morgan fingerprint density at radius 3 is 2.08 bits per heavy atom. The summed E-state index contributed by atoms with van der Waals surface area (Å²) in [7, 11) is 0. The first-order valence-corrected chi connectivity index (χ1v) is 8.09. The van der Waals surface area contributed by atoms with Gasteiger partial charge >= 0.3 is 0 Å². The Morgan fingerprint density at radius 1 is 0.625 bits per heavy atom. The summed E-state index contributed by atoms with van der Waals surface area (Å²) >= 11 is 0. The van der Waals surface area contributed by atoms with Gasteiger partial charge in [0.25, 0.3) is 0 Å².